The summed E-state index contributed by atoms with van der Waals surface area (Å²) in [6.07, 6.45) is -4.44. The SMILES string of the molecule is FC(F)(F)N1CNN=C1Cl. The van der Waals surface area contributed by atoms with Gasteiger partial charge in [-0.25, -0.2) is 4.90 Å². The van der Waals surface area contributed by atoms with Gasteiger partial charge in [0, 0.05) is 0 Å². The van der Waals surface area contributed by atoms with Crippen molar-refractivity contribution in [1.82, 2.24) is 10.3 Å². The Morgan fingerprint density at radius 3 is 2.40 bits per heavy atom. The number of hydrogen-bond acceptors (Lipinski definition) is 3. The van der Waals surface area contributed by atoms with Crippen molar-refractivity contribution in [2.45, 2.75) is 6.30 Å². The molecular weight excluding hydrogens is 171 g/mol. The minimum absolute atomic E-state index is 0.00540. The molecule has 0 fully saturated rings. The van der Waals surface area contributed by atoms with Gasteiger partial charge in [0.1, 0.15) is 6.67 Å². The van der Waals surface area contributed by atoms with Crippen LogP contribution in [-0.2, 0) is 0 Å². The highest BCUT2D eigenvalue weighted by molar-refractivity contribution is 6.64. The van der Waals surface area contributed by atoms with Crippen molar-refractivity contribution in [3.63, 3.8) is 0 Å². The number of hydrazone groups is 1. The van der Waals surface area contributed by atoms with Crippen LogP contribution < -0.4 is 5.43 Å². The lowest BCUT2D eigenvalue weighted by atomic mass is 10.8. The highest BCUT2D eigenvalue weighted by Crippen LogP contribution is 2.23. The molecule has 0 saturated carbocycles. The van der Waals surface area contributed by atoms with Gasteiger partial charge in [0.2, 0.25) is 5.29 Å². The average molecular weight is 174 g/mol. The molecule has 1 heterocycles. The van der Waals surface area contributed by atoms with E-state index in [0.29, 0.717) is 0 Å². The van der Waals surface area contributed by atoms with E-state index in [9.17, 15) is 13.2 Å². The molecule has 0 aromatic heterocycles. The second kappa shape index (κ2) is 2.19. The maximum atomic E-state index is 11.7. The molecule has 0 aromatic rings. The molecule has 1 aliphatic heterocycles. The maximum absolute atomic E-state index is 11.7. The number of alkyl halides is 3. The molecule has 3 nitrogen and oxygen atoms in total. The Balaban J connectivity index is 2.67. The number of halogens is 4. The molecule has 0 radical (unpaired) electrons. The topological polar surface area (TPSA) is 27.6 Å². The van der Waals surface area contributed by atoms with Gasteiger partial charge in [-0.1, -0.05) is 0 Å². The van der Waals surface area contributed by atoms with E-state index in [1.54, 1.807) is 0 Å². The first-order chi connectivity index (χ1) is 4.52. The molecule has 0 amide bonds. The van der Waals surface area contributed by atoms with Crippen LogP contribution in [0.4, 0.5) is 13.2 Å². The third-order valence-corrected chi connectivity index (χ3v) is 1.22. The first-order valence-electron chi connectivity index (χ1n) is 2.32. The molecule has 1 rings (SSSR count). The first kappa shape index (κ1) is 7.46. The Bertz CT molecular complexity index is 165. The molecule has 0 saturated heterocycles. The Morgan fingerprint density at radius 1 is 1.60 bits per heavy atom. The Kier molecular flexibility index (Phi) is 1.63. The minimum atomic E-state index is -4.44. The van der Waals surface area contributed by atoms with Crippen molar-refractivity contribution in [2.75, 3.05) is 6.67 Å². The molecular formula is C3H3ClF3N3. The number of nitrogens with zero attached hydrogens (tertiary/aromatic N) is 2. The van der Waals surface area contributed by atoms with Crippen LogP contribution >= 0.6 is 11.6 Å². The molecule has 1 aliphatic rings. The van der Waals surface area contributed by atoms with Crippen LogP contribution in [0.5, 0.6) is 0 Å². The van der Waals surface area contributed by atoms with E-state index in [0.717, 1.165) is 0 Å². The molecule has 0 aromatic carbocycles. The summed E-state index contributed by atoms with van der Waals surface area (Å²) in [4.78, 5) is -0.00540. The molecule has 0 unspecified atom stereocenters. The van der Waals surface area contributed by atoms with Crippen molar-refractivity contribution in [2.24, 2.45) is 5.10 Å². The fourth-order valence-corrected chi connectivity index (χ4v) is 0.707. The zero-order valence-electron chi connectivity index (χ0n) is 4.61. The molecule has 0 atom stereocenters. The Hall–Kier alpha value is -0.650. The summed E-state index contributed by atoms with van der Waals surface area (Å²) in [6.45, 7) is -0.414. The molecule has 1 N–H and O–H groups in total. The third-order valence-electron chi connectivity index (χ3n) is 0.929. The zero-order valence-corrected chi connectivity index (χ0v) is 5.37. The van der Waals surface area contributed by atoms with Crippen molar-refractivity contribution < 1.29 is 13.2 Å². The normalized spacial score (nSPS) is 18.8. The van der Waals surface area contributed by atoms with Gasteiger partial charge in [0.05, 0.1) is 0 Å². The zero-order chi connectivity index (χ0) is 7.78. The third kappa shape index (κ3) is 1.26. The Labute approximate surface area is 59.4 Å². The molecule has 7 heteroatoms. The highest BCUT2D eigenvalue weighted by Gasteiger charge is 2.41. The smallest absolute Gasteiger partial charge is 0.287 e. The van der Waals surface area contributed by atoms with Crippen LogP contribution in [0, 0.1) is 0 Å². The summed E-state index contributed by atoms with van der Waals surface area (Å²) in [5.41, 5.74) is 2.09. The standard InChI is InChI=1S/C3H3ClF3N3/c4-2-9-8-1-10(2)3(5,6)7/h8H,1H2. The van der Waals surface area contributed by atoms with E-state index in [1.165, 1.54) is 0 Å². The van der Waals surface area contributed by atoms with Gasteiger partial charge < -0.3 is 0 Å². The number of nitrogens with one attached hydrogen (secondary N) is 1. The molecule has 58 valence electrons. The fraction of sp³-hybridized carbons (Fsp3) is 0.667. The summed E-state index contributed by atoms with van der Waals surface area (Å²) < 4.78 is 35.2. The summed E-state index contributed by atoms with van der Waals surface area (Å²) >= 11 is 5.06. The van der Waals surface area contributed by atoms with Gasteiger partial charge >= 0.3 is 6.30 Å². The monoisotopic (exact) mass is 173 g/mol. The highest BCUT2D eigenvalue weighted by atomic mass is 35.5. The lowest BCUT2D eigenvalue weighted by Crippen LogP contribution is -2.39. The lowest BCUT2D eigenvalue weighted by Gasteiger charge is -2.17. The Morgan fingerprint density at radius 2 is 2.20 bits per heavy atom. The van der Waals surface area contributed by atoms with E-state index in [-0.39, 0.29) is 4.90 Å². The van der Waals surface area contributed by atoms with E-state index < -0.39 is 18.3 Å². The van der Waals surface area contributed by atoms with Crippen LogP contribution in [0.3, 0.4) is 0 Å². The number of amidine groups is 1. The molecule has 0 bridgehead atoms. The average Bonchev–Trinajstić information content (AvgIpc) is 2.11. The quantitative estimate of drug-likeness (QED) is 0.551. The van der Waals surface area contributed by atoms with Crippen LogP contribution in [0.1, 0.15) is 0 Å². The van der Waals surface area contributed by atoms with Crippen molar-refractivity contribution in [1.29, 1.82) is 0 Å². The second-order valence-electron chi connectivity index (χ2n) is 1.59. The summed E-state index contributed by atoms with van der Waals surface area (Å²) in [6, 6.07) is 0. The fourth-order valence-electron chi connectivity index (χ4n) is 0.491. The lowest BCUT2D eigenvalue weighted by molar-refractivity contribution is -0.215. The summed E-state index contributed by atoms with van der Waals surface area (Å²) in [5.74, 6) is 0. The molecule has 0 aliphatic carbocycles. The predicted octanol–water partition coefficient (Wildman–Crippen LogP) is 0.879. The number of rotatable bonds is 0. The minimum Gasteiger partial charge on any atom is -0.287 e. The maximum Gasteiger partial charge on any atom is 0.488 e. The van der Waals surface area contributed by atoms with Crippen molar-refractivity contribution in [3.8, 4) is 0 Å². The molecule has 0 spiro atoms. The van der Waals surface area contributed by atoms with E-state index >= 15 is 0 Å². The van der Waals surface area contributed by atoms with E-state index in [4.69, 9.17) is 11.6 Å². The largest absolute Gasteiger partial charge is 0.488 e. The van der Waals surface area contributed by atoms with Crippen LogP contribution in [0.2, 0.25) is 0 Å². The van der Waals surface area contributed by atoms with Crippen LogP contribution in [-0.4, -0.2) is 23.2 Å². The molecule has 10 heavy (non-hydrogen) atoms. The summed E-state index contributed by atoms with van der Waals surface area (Å²) in [5, 5.41) is 2.55. The van der Waals surface area contributed by atoms with Crippen molar-refractivity contribution >= 4 is 16.9 Å². The van der Waals surface area contributed by atoms with Gasteiger partial charge in [0.25, 0.3) is 0 Å². The van der Waals surface area contributed by atoms with Gasteiger partial charge in [-0.05, 0) is 11.6 Å². The number of hydrogen-bond donors (Lipinski definition) is 1. The summed E-state index contributed by atoms with van der Waals surface area (Å²) in [7, 11) is 0. The van der Waals surface area contributed by atoms with Gasteiger partial charge in [0.15, 0.2) is 0 Å². The second-order valence-corrected chi connectivity index (χ2v) is 1.93. The van der Waals surface area contributed by atoms with Crippen LogP contribution in [0.25, 0.3) is 0 Å². The van der Waals surface area contributed by atoms with E-state index in [1.807, 2.05) is 0 Å². The predicted molar refractivity (Wildman–Crippen MR) is 29.2 cm³/mol. The van der Waals surface area contributed by atoms with Gasteiger partial charge in [-0.2, -0.15) is 0 Å². The van der Waals surface area contributed by atoms with E-state index in [2.05, 4.69) is 10.5 Å². The van der Waals surface area contributed by atoms with Crippen molar-refractivity contribution in [3.05, 3.63) is 0 Å². The van der Waals surface area contributed by atoms with Crippen LogP contribution in [0.15, 0.2) is 5.10 Å². The first-order valence-corrected chi connectivity index (χ1v) is 2.70. The van der Waals surface area contributed by atoms with Gasteiger partial charge in [-0.15, -0.1) is 18.3 Å². The van der Waals surface area contributed by atoms with Gasteiger partial charge in [-0.3, -0.25) is 5.43 Å².